The Balaban J connectivity index is 1.62. The molecule has 2 heterocycles. The van der Waals surface area contributed by atoms with Crippen molar-refractivity contribution in [3.05, 3.63) is 0 Å². The number of ether oxygens (including phenoxy) is 2. The van der Waals surface area contributed by atoms with E-state index in [1.807, 2.05) is 0 Å². The normalized spacial score (nSPS) is 40.1. The Morgan fingerprint density at radius 3 is 2.76 bits per heavy atom. The van der Waals surface area contributed by atoms with Gasteiger partial charge in [-0.25, -0.2) is 0 Å². The standard InChI is InChI=1S/C13H21NO3/c1-2-9-11(14-12(9)15)10-8-16-13(17-10)6-4-3-5-7-13/h9-11H,2-8H2,1H3,(H,14,15)/t9?,10-,11-/m1/s1. The van der Waals surface area contributed by atoms with E-state index in [9.17, 15) is 4.79 Å². The first kappa shape index (κ1) is 11.5. The SMILES string of the molecule is CCC1C(=O)N[C@H]1[C@H]1COC2(CCCCC2)O1. The second-order valence-corrected chi connectivity index (χ2v) is 5.49. The fourth-order valence-corrected chi connectivity index (χ4v) is 3.34. The molecule has 1 spiro atoms. The molecule has 96 valence electrons. The van der Waals surface area contributed by atoms with E-state index in [-0.39, 0.29) is 29.8 Å². The minimum absolute atomic E-state index is 0.0655. The zero-order chi connectivity index (χ0) is 11.9. The van der Waals surface area contributed by atoms with E-state index >= 15 is 0 Å². The molecule has 2 saturated heterocycles. The Bertz CT molecular complexity index is 312. The van der Waals surface area contributed by atoms with Gasteiger partial charge in [0.2, 0.25) is 5.91 Å². The third-order valence-electron chi connectivity index (χ3n) is 4.41. The number of carbonyl (C=O) groups is 1. The molecule has 2 aliphatic heterocycles. The van der Waals surface area contributed by atoms with E-state index in [2.05, 4.69) is 12.2 Å². The van der Waals surface area contributed by atoms with Crippen LogP contribution in [0, 0.1) is 5.92 Å². The summed E-state index contributed by atoms with van der Waals surface area (Å²) in [6.07, 6.45) is 6.67. The molecule has 0 aromatic carbocycles. The van der Waals surface area contributed by atoms with Crippen LogP contribution in [0.5, 0.6) is 0 Å². The third kappa shape index (κ3) is 1.87. The van der Waals surface area contributed by atoms with Crippen LogP contribution in [0.4, 0.5) is 0 Å². The monoisotopic (exact) mass is 239 g/mol. The lowest BCUT2D eigenvalue weighted by Crippen LogP contribution is -2.63. The molecule has 3 fully saturated rings. The van der Waals surface area contributed by atoms with Crippen molar-refractivity contribution < 1.29 is 14.3 Å². The number of amides is 1. The molecule has 3 aliphatic rings. The molecule has 3 atom stereocenters. The van der Waals surface area contributed by atoms with E-state index in [1.54, 1.807) is 0 Å². The number of nitrogens with one attached hydrogen (secondary N) is 1. The first-order valence-electron chi connectivity index (χ1n) is 6.86. The van der Waals surface area contributed by atoms with Gasteiger partial charge < -0.3 is 14.8 Å². The molecule has 0 aromatic rings. The quantitative estimate of drug-likeness (QED) is 0.744. The highest BCUT2D eigenvalue weighted by atomic mass is 16.7. The minimum Gasteiger partial charge on any atom is -0.350 e. The smallest absolute Gasteiger partial charge is 0.225 e. The van der Waals surface area contributed by atoms with Crippen LogP contribution in [0.25, 0.3) is 0 Å². The van der Waals surface area contributed by atoms with Crippen molar-refractivity contribution >= 4 is 5.91 Å². The van der Waals surface area contributed by atoms with Crippen molar-refractivity contribution in [3.8, 4) is 0 Å². The highest BCUT2D eigenvalue weighted by molar-refractivity contribution is 5.86. The third-order valence-corrected chi connectivity index (χ3v) is 4.41. The first-order chi connectivity index (χ1) is 8.24. The lowest BCUT2D eigenvalue weighted by Gasteiger charge is -2.40. The lowest BCUT2D eigenvalue weighted by molar-refractivity contribution is -0.194. The molecular formula is C13H21NO3. The molecule has 1 saturated carbocycles. The Morgan fingerprint density at radius 2 is 2.12 bits per heavy atom. The largest absolute Gasteiger partial charge is 0.350 e. The molecule has 1 N–H and O–H groups in total. The number of β-lactam (4-membered cyclic amide) rings is 1. The van der Waals surface area contributed by atoms with Crippen molar-refractivity contribution in [2.75, 3.05) is 6.61 Å². The zero-order valence-electron chi connectivity index (χ0n) is 10.4. The van der Waals surface area contributed by atoms with Gasteiger partial charge >= 0.3 is 0 Å². The summed E-state index contributed by atoms with van der Waals surface area (Å²) >= 11 is 0. The van der Waals surface area contributed by atoms with Crippen LogP contribution in [-0.2, 0) is 14.3 Å². The summed E-state index contributed by atoms with van der Waals surface area (Å²) in [5.74, 6) is -0.0188. The van der Waals surface area contributed by atoms with Crippen molar-refractivity contribution in [1.29, 1.82) is 0 Å². The Labute approximate surface area is 102 Å². The van der Waals surface area contributed by atoms with Gasteiger partial charge in [0.1, 0.15) is 6.10 Å². The zero-order valence-corrected chi connectivity index (χ0v) is 10.4. The van der Waals surface area contributed by atoms with Gasteiger partial charge in [0.15, 0.2) is 5.79 Å². The van der Waals surface area contributed by atoms with Crippen LogP contribution < -0.4 is 5.32 Å². The second-order valence-electron chi connectivity index (χ2n) is 5.49. The van der Waals surface area contributed by atoms with E-state index in [0.29, 0.717) is 6.61 Å². The highest BCUT2D eigenvalue weighted by Gasteiger charge is 2.51. The molecule has 4 heteroatoms. The molecule has 4 nitrogen and oxygen atoms in total. The van der Waals surface area contributed by atoms with Gasteiger partial charge in [0.05, 0.1) is 18.6 Å². The van der Waals surface area contributed by atoms with Gasteiger partial charge in [-0.3, -0.25) is 4.79 Å². The Kier molecular flexibility index (Phi) is 2.87. The highest BCUT2D eigenvalue weighted by Crippen LogP contribution is 2.40. The maximum Gasteiger partial charge on any atom is 0.225 e. The van der Waals surface area contributed by atoms with E-state index < -0.39 is 0 Å². The minimum atomic E-state index is -0.318. The Morgan fingerprint density at radius 1 is 1.35 bits per heavy atom. The van der Waals surface area contributed by atoms with E-state index in [1.165, 1.54) is 19.3 Å². The van der Waals surface area contributed by atoms with Crippen LogP contribution in [0.1, 0.15) is 45.4 Å². The Hall–Kier alpha value is -0.610. The molecule has 0 aromatic heterocycles. The summed E-state index contributed by atoms with van der Waals surface area (Å²) in [6.45, 7) is 2.70. The molecule has 1 unspecified atom stereocenters. The second kappa shape index (κ2) is 4.25. The number of carbonyl (C=O) groups excluding carboxylic acids is 1. The van der Waals surface area contributed by atoms with Crippen molar-refractivity contribution in [3.63, 3.8) is 0 Å². The molecule has 3 rings (SSSR count). The molecule has 1 aliphatic carbocycles. The van der Waals surface area contributed by atoms with Crippen LogP contribution in [0.2, 0.25) is 0 Å². The average Bonchev–Trinajstić information content (AvgIpc) is 2.71. The van der Waals surface area contributed by atoms with Gasteiger partial charge in [-0.2, -0.15) is 0 Å². The van der Waals surface area contributed by atoms with Gasteiger partial charge in [-0.1, -0.05) is 13.3 Å². The van der Waals surface area contributed by atoms with Crippen molar-refractivity contribution in [1.82, 2.24) is 5.32 Å². The topological polar surface area (TPSA) is 47.6 Å². The molecule has 0 radical (unpaired) electrons. The molecule has 1 amide bonds. The predicted octanol–water partition coefficient (Wildman–Crippen LogP) is 1.59. The predicted molar refractivity (Wildman–Crippen MR) is 62.4 cm³/mol. The summed E-state index contributed by atoms with van der Waals surface area (Å²) in [4.78, 5) is 11.4. The number of hydrogen-bond donors (Lipinski definition) is 1. The van der Waals surface area contributed by atoms with Crippen LogP contribution in [0.3, 0.4) is 0 Å². The summed E-state index contributed by atoms with van der Waals surface area (Å²) in [5.41, 5.74) is 0. The summed E-state index contributed by atoms with van der Waals surface area (Å²) in [7, 11) is 0. The molecule has 17 heavy (non-hydrogen) atoms. The maximum absolute atomic E-state index is 11.4. The molecular weight excluding hydrogens is 218 g/mol. The average molecular weight is 239 g/mol. The summed E-state index contributed by atoms with van der Waals surface area (Å²) in [5, 5.41) is 2.96. The van der Waals surface area contributed by atoms with Gasteiger partial charge in [0.25, 0.3) is 0 Å². The van der Waals surface area contributed by atoms with Crippen LogP contribution in [0.15, 0.2) is 0 Å². The maximum atomic E-state index is 11.4. The van der Waals surface area contributed by atoms with E-state index in [0.717, 1.165) is 19.3 Å². The van der Waals surface area contributed by atoms with Crippen LogP contribution >= 0.6 is 0 Å². The van der Waals surface area contributed by atoms with E-state index in [4.69, 9.17) is 9.47 Å². The van der Waals surface area contributed by atoms with Crippen molar-refractivity contribution in [2.45, 2.75) is 63.4 Å². The van der Waals surface area contributed by atoms with Crippen LogP contribution in [-0.4, -0.2) is 30.4 Å². The number of hydrogen-bond acceptors (Lipinski definition) is 3. The van der Waals surface area contributed by atoms with Gasteiger partial charge in [-0.05, 0) is 19.3 Å². The lowest BCUT2D eigenvalue weighted by atomic mass is 9.84. The fourth-order valence-electron chi connectivity index (χ4n) is 3.34. The van der Waals surface area contributed by atoms with Crippen molar-refractivity contribution in [2.24, 2.45) is 5.92 Å². The van der Waals surface area contributed by atoms with Gasteiger partial charge in [0, 0.05) is 12.8 Å². The summed E-state index contributed by atoms with van der Waals surface area (Å²) < 4.78 is 12.0. The first-order valence-corrected chi connectivity index (χ1v) is 6.86. The van der Waals surface area contributed by atoms with Gasteiger partial charge in [-0.15, -0.1) is 0 Å². The number of rotatable bonds is 2. The summed E-state index contributed by atoms with van der Waals surface area (Å²) in [6, 6.07) is 0.175. The fraction of sp³-hybridized carbons (Fsp3) is 0.923. The molecule has 0 bridgehead atoms.